The first kappa shape index (κ1) is 14.8. The molecule has 1 unspecified atom stereocenters. The Bertz CT molecular complexity index is 461. The number of carbonyl (C=O) groups is 2. The smallest absolute Gasteiger partial charge is 0.410 e. The Hall–Kier alpha value is -1.63. The molecule has 0 bridgehead atoms. The summed E-state index contributed by atoms with van der Waals surface area (Å²) in [5, 5.41) is 5.42. The molecule has 7 heteroatoms. The molecular formula is C13H19N3O3S. The van der Waals surface area contributed by atoms with E-state index in [0.717, 1.165) is 11.4 Å². The average Bonchev–Trinajstić information content (AvgIpc) is 3.06. The highest BCUT2D eigenvalue weighted by Crippen LogP contribution is 2.19. The third kappa shape index (κ3) is 3.69. The topological polar surface area (TPSA) is 71.5 Å². The van der Waals surface area contributed by atoms with E-state index in [1.54, 1.807) is 6.20 Å². The van der Waals surface area contributed by atoms with E-state index in [0.29, 0.717) is 13.0 Å². The van der Waals surface area contributed by atoms with E-state index in [2.05, 4.69) is 10.3 Å². The van der Waals surface area contributed by atoms with Crippen LogP contribution in [-0.4, -0.2) is 40.5 Å². The SMILES string of the molecule is CC(C)NC(=O)C1CCCN1C(=O)OCc1nccs1. The molecule has 0 aromatic carbocycles. The summed E-state index contributed by atoms with van der Waals surface area (Å²) in [4.78, 5) is 29.6. The highest BCUT2D eigenvalue weighted by atomic mass is 32.1. The third-order valence-corrected chi connectivity index (χ3v) is 3.78. The van der Waals surface area contributed by atoms with Gasteiger partial charge in [-0.25, -0.2) is 9.78 Å². The molecule has 20 heavy (non-hydrogen) atoms. The minimum absolute atomic E-state index is 0.0660. The van der Waals surface area contributed by atoms with Crippen molar-refractivity contribution in [2.45, 2.75) is 45.4 Å². The number of nitrogens with zero attached hydrogens (tertiary/aromatic N) is 2. The fourth-order valence-corrected chi connectivity index (χ4v) is 2.70. The largest absolute Gasteiger partial charge is 0.442 e. The lowest BCUT2D eigenvalue weighted by Crippen LogP contribution is -2.47. The molecule has 2 amide bonds. The molecule has 2 heterocycles. The molecule has 1 aromatic heterocycles. The molecular weight excluding hydrogens is 278 g/mol. The van der Waals surface area contributed by atoms with Crippen molar-refractivity contribution in [3.8, 4) is 0 Å². The van der Waals surface area contributed by atoms with Crippen LogP contribution in [0.5, 0.6) is 0 Å². The lowest BCUT2D eigenvalue weighted by atomic mass is 10.2. The van der Waals surface area contributed by atoms with Gasteiger partial charge in [-0.1, -0.05) is 0 Å². The average molecular weight is 297 g/mol. The van der Waals surface area contributed by atoms with Crippen molar-refractivity contribution >= 4 is 23.3 Å². The van der Waals surface area contributed by atoms with E-state index in [-0.39, 0.29) is 18.6 Å². The minimum Gasteiger partial charge on any atom is -0.442 e. The van der Waals surface area contributed by atoms with Gasteiger partial charge in [0.15, 0.2) is 0 Å². The molecule has 0 saturated carbocycles. The molecule has 1 aliphatic rings. The van der Waals surface area contributed by atoms with E-state index in [9.17, 15) is 9.59 Å². The first-order valence-corrected chi connectivity index (χ1v) is 7.58. The highest BCUT2D eigenvalue weighted by Gasteiger charge is 2.35. The molecule has 1 atom stereocenters. The number of rotatable bonds is 4. The van der Waals surface area contributed by atoms with Gasteiger partial charge in [-0.3, -0.25) is 9.69 Å². The summed E-state index contributed by atoms with van der Waals surface area (Å²) in [6.45, 7) is 4.52. The monoisotopic (exact) mass is 297 g/mol. The summed E-state index contributed by atoms with van der Waals surface area (Å²) in [5.41, 5.74) is 0. The fraction of sp³-hybridized carbons (Fsp3) is 0.615. The number of nitrogens with one attached hydrogen (secondary N) is 1. The molecule has 110 valence electrons. The van der Waals surface area contributed by atoms with Crippen LogP contribution in [0.25, 0.3) is 0 Å². The molecule has 1 N–H and O–H groups in total. The number of carbonyl (C=O) groups excluding carboxylic acids is 2. The maximum atomic E-state index is 12.0. The second-order valence-corrected chi connectivity index (χ2v) is 5.97. The second-order valence-electron chi connectivity index (χ2n) is 5.00. The molecule has 0 spiro atoms. The summed E-state index contributed by atoms with van der Waals surface area (Å²) >= 11 is 1.44. The van der Waals surface area contributed by atoms with Gasteiger partial charge in [0.05, 0.1) is 0 Å². The summed E-state index contributed by atoms with van der Waals surface area (Å²) in [6, 6.07) is -0.350. The van der Waals surface area contributed by atoms with Gasteiger partial charge in [0, 0.05) is 24.2 Å². The van der Waals surface area contributed by atoms with Crippen molar-refractivity contribution in [1.82, 2.24) is 15.2 Å². The Kier molecular flexibility index (Phi) is 4.94. The summed E-state index contributed by atoms with van der Waals surface area (Å²) in [5.74, 6) is -0.108. The van der Waals surface area contributed by atoms with Gasteiger partial charge in [-0.15, -0.1) is 11.3 Å². The summed E-state index contributed by atoms with van der Waals surface area (Å²) in [6.07, 6.45) is 2.73. The molecule has 1 aromatic rings. The molecule has 2 rings (SSSR count). The van der Waals surface area contributed by atoms with Gasteiger partial charge in [-0.2, -0.15) is 0 Å². The maximum Gasteiger partial charge on any atom is 0.410 e. The molecule has 1 aliphatic heterocycles. The van der Waals surface area contributed by atoms with Crippen LogP contribution >= 0.6 is 11.3 Å². The zero-order valence-corrected chi connectivity index (χ0v) is 12.5. The van der Waals surface area contributed by atoms with Gasteiger partial charge in [-0.05, 0) is 26.7 Å². The van der Waals surface area contributed by atoms with Crippen LogP contribution in [0.1, 0.15) is 31.7 Å². The number of hydrogen-bond acceptors (Lipinski definition) is 5. The normalized spacial score (nSPS) is 18.4. The van der Waals surface area contributed by atoms with Crippen molar-refractivity contribution in [3.63, 3.8) is 0 Å². The fourth-order valence-electron chi connectivity index (χ4n) is 2.17. The van der Waals surface area contributed by atoms with E-state index < -0.39 is 12.1 Å². The highest BCUT2D eigenvalue weighted by molar-refractivity contribution is 7.09. The predicted octanol–water partition coefficient (Wildman–Crippen LogP) is 1.77. The molecule has 6 nitrogen and oxygen atoms in total. The van der Waals surface area contributed by atoms with Crippen LogP contribution in [0.4, 0.5) is 4.79 Å². The van der Waals surface area contributed by atoms with E-state index >= 15 is 0 Å². The molecule has 1 fully saturated rings. The summed E-state index contributed by atoms with van der Waals surface area (Å²) in [7, 11) is 0. The predicted molar refractivity (Wildman–Crippen MR) is 75.3 cm³/mol. The van der Waals surface area contributed by atoms with Crippen molar-refractivity contribution in [1.29, 1.82) is 0 Å². The minimum atomic E-state index is -0.443. The Morgan fingerprint density at radius 1 is 1.60 bits per heavy atom. The van der Waals surface area contributed by atoms with Crippen LogP contribution in [-0.2, 0) is 16.1 Å². The lowest BCUT2D eigenvalue weighted by molar-refractivity contribution is -0.125. The Morgan fingerprint density at radius 2 is 2.40 bits per heavy atom. The van der Waals surface area contributed by atoms with E-state index in [4.69, 9.17) is 4.74 Å². The van der Waals surface area contributed by atoms with Crippen LogP contribution in [0.2, 0.25) is 0 Å². The van der Waals surface area contributed by atoms with Gasteiger partial charge in [0.1, 0.15) is 17.7 Å². The number of likely N-dealkylation sites (tertiary alicyclic amines) is 1. The van der Waals surface area contributed by atoms with Gasteiger partial charge in [0.2, 0.25) is 5.91 Å². The van der Waals surface area contributed by atoms with Crippen LogP contribution in [0, 0.1) is 0 Å². The Balaban J connectivity index is 1.89. The first-order valence-electron chi connectivity index (χ1n) is 6.70. The maximum absolute atomic E-state index is 12.0. The Morgan fingerprint density at radius 3 is 3.05 bits per heavy atom. The number of thiazole rings is 1. The number of aromatic nitrogens is 1. The number of amides is 2. The van der Waals surface area contributed by atoms with Crippen molar-refractivity contribution in [3.05, 3.63) is 16.6 Å². The molecule has 0 aliphatic carbocycles. The quantitative estimate of drug-likeness (QED) is 0.919. The summed E-state index contributed by atoms with van der Waals surface area (Å²) < 4.78 is 5.21. The van der Waals surface area contributed by atoms with Gasteiger partial charge < -0.3 is 10.1 Å². The second kappa shape index (κ2) is 6.69. The van der Waals surface area contributed by atoms with Crippen LogP contribution in [0.3, 0.4) is 0 Å². The number of ether oxygens (including phenoxy) is 1. The van der Waals surface area contributed by atoms with Crippen molar-refractivity contribution < 1.29 is 14.3 Å². The zero-order chi connectivity index (χ0) is 14.5. The Labute approximate surface area is 122 Å². The lowest BCUT2D eigenvalue weighted by Gasteiger charge is -2.23. The van der Waals surface area contributed by atoms with E-state index in [1.807, 2.05) is 19.2 Å². The zero-order valence-electron chi connectivity index (χ0n) is 11.7. The molecule has 0 radical (unpaired) electrons. The van der Waals surface area contributed by atoms with Crippen molar-refractivity contribution in [2.24, 2.45) is 0 Å². The standard InChI is InChI=1S/C13H19N3O3S/c1-9(2)15-12(17)10-4-3-6-16(10)13(18)19-8-11-14-5-7-20-11/h5,7,9-10H,3-4,6,8H2,1-2H3,(H,15,17). The van der Waals surface area contributed by atoms with Gasteiger partial charge in [0.25, 0.3) is 0 Å². The first-order chi connectivity index (χ1) is 9.58. The van der Waals surface area contributed by atoms with Crippen LogP contribution < -0.4 is 5.32 Å². The van der Waals surface area contributed by atoms with Crippen LogP contribution in [0.15, 0.2) is 11.6 Å². The van der Waals surface area contributed by atoms with Crippen molar-refractivity contribution in [2.75, 3.05) is 6.54 Å². The van der Waals surface area contributed by atoms with Gasteiger partial charge >= 0.3 is 6.09 Å². The number of hydrogen-bond donors (Lipinski definition) is 1. The third-order valence-electron chi connectivity index (χ3n) is 3.02. The molecule has 1 saturated heterocycles. The van der Waals surface area contributed by atoms with E-state index in [1.165, 1.54) is 16.2 Å².